The largest absolute Gasteiger partial charge is 0.388 e. The minimum absolute atomic E-state index is 0.00634. The number of amides is 1. The first-order valence-electron chi connectivity index (χ1n) is 5.22. The fourth-order valence-corrected chi connectivity index (χ4v) is 1.76. The SMILES string of the molecule is CO[C@@H]1C[C@H](NC(C)=O)[C@H](O)[C@@H](CN=[N+]=[N-])O1. The Morgan fingerprint density at radius 1 is 1.76 bits per heavy atom. The van der Waals surface area contributed by atoms with Gasteiger partial charge in [-0.25, -0.2) is 0 Å². The van der Waals surface area contributed by atoms with E-state index in [1.807, 2.05) is 0 Å². The zero-order valence-electron chi connectivity index (χ0n) is 9.74. The average molecular weight is 244 g/mol. The molecule has 0 radical (unpaired) electrons. The highest BCUT2D eigenvalue weighted by molar-refractivity contribution is 5.73. The average Bonchev–Trinajstić information content (AvgIpc) is 2.29. The second kappa shape index (κ2) is 6.41. The molecule has 0 saturated carbocycles. The number of rotatable bonds is 4. The Morgan fingerprint density at radius 3 is 3.00 bits per heavy atom. The minimum Gasteiger partial charge on any atom is -0.388 e. The predicted octanol–water partition coefficient (Wildman–Crippen LogP) is -0.0763. The van der Waals surface area contributed by atoms with E-state index in [1.54, 1.807) is 0 Å². The highest BCUT2D eigenvalue weighted by Gasteiger charge is 2.37. The standard InChI is InChI=1S/C9H16N4O4/c1-5(14)12-6-3-8(16-2)17-7(9(6)15)4-11-13-10/h6-9,15H,3-4H2,1-2H3,(H,12,14)/t6-,7+,8-,9-/m0/s1. The molecule has 0 aromatic rings. The molecule has 0 spiro atoms. The molecule has 96 valence electrons. The molecule has 1 aliphatic heterocycles. The summed E-state index contributed by atoms with van der Waals surface area (Å²) in [5.41, 5.74) is 8.24. The molecule has 4 atom stereocenters. The highest BCUT2D eigenvalue weighted by atomic mass is 16.7. The summed E-state index contributed by atoms with van der Waals surface area (Å²) >= 11 is 0. The molecule has 0 aromatic carbocycles. The van der Waals surface area contributed by atoms with Crippen LogP contribution in [0.4, 0.5) is 0 Å². The van der Waals surface area contributed by atoms with E-state index < -0.39 is 24.5 Å². The first kappa shape index (κ1) is 13.7. The van der Waals surface area contributed by atoms with Gasteiger partial charge in [0.15, 0.2) is 6.29 Å². The summed E-state index contributed by atoms with van der Waals surface area (Å²) in [5, 5.41) is 15.9. The summed E-state index contributed by atoms with van der Waals surface area (Å²) in [6.07, 6.45) is -1.78. The molecular weight excluding hydrogens is 228 g/mol. The number of azide groups is 1. The van der Waals surface area contributed by atoms with E-state index in [9.17, 15) is 9.90 Å². The van der Waals surface area contributed by atoms with Gasteiger partial charge in [-0.1, -0.05) is 5.11 Å². The molecule has 1 aliphatic rings. The maximum atomic E-state index is 11.0. The first-order chi connectivity index (χ1) is 8.08. The summed E-state index contributed by atoms with van der Waals surface area (Å²) in [6, 6.07) is -0.468. The van der Waals surface area contributed by atoms with E-state index in [0.717, 1.165) is 0 Å². The molecule has 0 bridgehead atoms. The van der Waals surface area contributed by atoms with Crippen LogP contribution in [0.1, 0.15) is 13.3 Å². The molecule has 17 heavy (non-hydrogen) atoms. The fraction of sp³-hybridized carbons (Fsp3) is 0.889. The van der Waals surface area contributed by atoms with Gasteiger partial charge in [-0.2, -0.15) is 0 Å². The second-order valence-electron chi connectivity index (χ2n) is 3.79. The van der Waals surface area contributed by atoms with Crippen molar-refractivity contribution in [3.05, 3.63) is 10.4 Å². The third-order valence-corrected chi connectivity index (χ3v) is 2.54. The highest BCUT2D eigenvalue weighted by Crippen LogP contribution is 2.21. The number of ether oxygens (including phenoxy) is 2. The Labute approximate surface area is 98.5 Å². The number of hydrogen-bond donors (Lipinski definition) is 2. The van der Waals surface area contributed by atoms with Crippen molar-refractivity contribution in [3.8, 4) is 0 Å². The smallest absolute Gasteiger partial charge is 0.217 e. The molecule has 2 N–H and O–H groups in total. The molecule has 1 saturated heterocycles. The van der Waals surface area contributed by atoms with Crippen LogP contribution >= 0.6 is 0 Å². The van der Waals surface area contributed by atoms with Crippen molar-refractivity contribution in [2.45, 2.75) is 37.9 Å². The van der Waals surface area contributed by atoms with Crippen LogP contribution in [0.25, 0.3) is 10.4 Å². The van der Waals surface area contributed by atoms with Crippen molar-refractivity contribution in [2.24, 2.45) is 5.11 Å². The Hall–Kier alpha value is -1.34. The maximum absolute atomic E-state index is 11.0. The fourth-order valence-electron chi connectivity index (χ4n) is 1.76. The number of carbonyl (C=O) groups excluding carboxylic acids is 1. The molecule has 0 unspecified atom stereocenters. The Kier molecular flexibility index (Phi) is 5.17. The molecule has 8 heteroatoms. The Bertz CT molecular complexity index is 304. The summed E-state index contributed by atoms with van der Waals surface area (Å²) in [4.78, 5) is 13.6. The lowest BCUT2D eigenvalue weighted by molar-refractivity contribution is -0.217. The monoisotopic (exact) mass is 244 g/mol. The van der Waals surface area contributed by atoms with E-state index in [1.165, 1.54) is 14.0 Å². The molecule has 1 heterocycles. The van der Waals surface area contributed by atoms with Crippen molar-refractivity contribution >= 4 is 5.91 Å². The molecule has 0 aliphatic carbocycles. The van der Waals surface area contributed by atoms with E-state index in [4.69, 9.17) is 15.0 Å². The third-order valence-electron chi connectivity index (χ3n) is 2.54. The zero-order valence-corrected chi connectivity index (χ0v) is 9.74. The molecule has 0 aromatic heterocycles. The first-order valence-corrected chi connectivity index (χ1v) is 5.22. The number of aliphatic hydroxyl groups is 1. The van der Waals surface area contributed by atoms with Gasteiger partial charge >= 0.3 is 0 Å². The number of hydrogen-bond acceptors (Lipinski definition) is 5. The van der Waals surface area contributed by atoms with E-state index in [0.29, 0.717) is 6.42 Å². The van der Waals surface area contributed by atoms with Crippen LogP contribution < -0.4 is 5.32 Å². The number of nitrogens with zero attached hydrogens (tertiary/aromatic N) is 3. The lowest BCUT2D eigenvalue weighted by atomic mass is 9.98. The van der Waals surface area contributed by atoms with Crippen molar-refractivity contribution in [2.75, 3.05) is 13.7 Å². The van der Waals surface area contributed by atoms with Crippen LogP contribution in [0, 0.1) is 0 Å². The maximum Gasteiger partial charge on any atom is 0.217 e. The van der Waals surface area contributed by atoms with Crippen molar-refractivity contribution in [1.82, 2.24) is 5.32 Å². The van der Waals surface area contributed by atoms with E-state index in [-0.39, 0.29) is 12.5 Å². The van der Waals surface area contributed by atoms with Crippen molar-refractivity contribution < 1.29 is 19.4 Å². The van der Waals surface area contributed by atoms with Crippen LogP contribution in [0.3, 0.4) is 0 Å². The second-order valence-corrected chi connectivity index (χ2v) is 3.79. The summed E-state index contributed by atoms with van der Waals surface area (Å²) < 4.78 is 10.4. The Balaban J connectivity index is 2.69. The number of nitrogens with one attached hydrogen (secondary N) is 1. The Morgan fingerprint density at radius 2 is 2.47 bits per heavy atom. The summed E-state index contributed by atoms with van der Waals surface area (Å²) in [6.45, 7) is 1.36. The van der Waals surface area contributed by atoms with Crippen LogP contribution in [0.15, 0.2) is 5.11 Å². The van der Waals surface area contributed by atoms with Gasteiger partial charge in [-0.15, -0.1) is 0 Å². The van der Waals surface area contributed by atoms with Gasteiger partial charge in [0.1, 0.15) is 6.10 Å². The molecule has 1 amide bonds. The van der Waals surface area contributed by atoms with Gasteiger partial charge in [0.2, 0.25) is 5.91 Å². The topological polar surface area (TPSA) is 117 Å². The van der Waals surface area contributed by atoms with Gasteiger partial charge < -0.3 is 19.9 Å². The molecule has 1 fully saturated rings. The lowest BCUT2D eigenvalue weighted by Crippen LogP contribution is -2.56. The predicted molar refractivity (Wildman–Crippen MR) is 57.9 cm³/mol. The van der Waals surface area contributed by atoms with Gasteiger partial charge in [-0.05, 0) is 5.53 Å². The quantitative estimate of drug-likeness (QED) is 0.408. The van der Waals surface area contributed by atoms with Crippen molar-refractivity contribution in [1.29, 1.82) is 0 Å². The summed E-state index contributed by atoms with van der Waals surface area (Å²) in [5.74, 6) is -0.242. The van der Waals surface area contributed by atoms with E-state index in [2.05, 4.69) is 15.3 Å². The van der Waals surface area contributed by atoms with Crippen LogP contribution in [0.5, 0.6) is 0 Å². The van der Waals surface area contributed by atoms with Crippen LogP contribution in [-0.4, -0.2) is 49.2 Å². The normalized spacial score (nSPS) is 32.6. The zero-order chi connectivity index (χ0) is 12.8. The van der Waals surface area contributed by atoms with Crippen LogP contribution in [0.2, 0.25) is 0 Å². The molecular formula is C9H16N4O4. The number of aliphatic hydroxyl groups excluding tert-OH is 1. The van der Waals surface area contributed by atoms with Gasteiger partial charge in [0.05, 0.1) is 18.7 Å². The third kappa shape index (κ3) is 3.86. The molecule has 1 rings (SSSR count). The minimum atomic E-state index is -0.921. The molecule has 8 nitrogen and oxygen atoms in total. The van der Waals surface area contributed by atoms with Crippen molar-refractivity contribution in [3.63, 3.8) is 0 Å². The summed E-state index contributed by atoms with van der Waals surface area (Å²) in [7, 11) is 1.47. The van der Waals surface area contributed by atoms with Crippen LogP contribution in [-0.2, 0) is 14.3 Å². The van der Waals surface area contributed by atoms with E-state index >= 15 is 0 Å². The number of carbonyl (C=O) groups is 1. The number of methoxy groups -OCH3 is 1. The lowest BCUT2D eigenvalue weighted by Gasteiger charge is -2.38. The van der Waals surface area contributed by atoms with Gasteiger partial charge in [0, 0.05) is 25.4 Å². The van der Waals surface area contributed by atoms with Gasteiger partial charge in [-0.3, -0.25) is 4.79 Å². The van der Waals surface area contributed by atoms with Gasteiger partial charge in [0.25, 0.3) is 0 Å².